The Morgan fingerprint density at radius 1 is 0.780 bits per heavy atom. The third kappa shape index (κ3) is 8.65. The first-order valence-corrected chi connectivity index (χ1v) is 14.9. The highest BCUT2D eigenvalue weighted by molar-refractivity contribution is 5.94. The van der Waals surface area contributed by atoms with Gasteiger partial charge in [-0.3, -0.25) is 14.4 Å². The second-order valence-corrected chi connectivity index (χ2v) is 11.2. The maximum absolute atomic E-state index is 13.9. The first-order valence-electron chi connectivity index (χ1n) is 14.9. The number of carbonyl (C=O) groups is 4. The smallest absolute Gasteiger partial charge is 0.329 e. The van der Waals surface area contributed by atoms with E-state index < -0.39 is 53.8 Å². The van der Waals surface area contributed by atoms with Gasteiger partial charge in [0, 0.05) is 5.92 Å². The third-order valence-electron chi connectivity index (χ3n) is 8.07. The van der Waals surface area contributed by atoms with E-state index in [1.54, 1.807) is 6.92 Å². The van der Waals surface area contributed by atoms with Crippen molar-refractivity contribution in [2.24, 2.45) is 11.8 Å². The molecule has 3 amide bonds. The van der Waals surface area contributed by atoms with Gasteiger partial charge in [0.2, 0.25) is 17.7 Å². The Labute approximate surface area is 244 Å². The average Bonchev–Trinajstić information content (AvgIpc) is 2.98. The summed E-state index contributed by atoms with van der Waals surface area (Å²) in [6.07, 6.45) is 2.52. The molecule has 3 N–H and O–H groups in total. The number of esters is 1. The van der Waals surface area contributed by atoms with E-state index >= 15 is 0 Å². The van der Waals surface area contributed by atoms with Crippen molar-refractivity contribution in [2.45, 2.75) is 96.9 Å². The molecule has 8 nitrogen and oxygen atoms in total. The summed E-state index contributed by atoms with van der Waals surface area (Å²) in [7, 11) is 0. The van der Waals surface area contributed by atoms with Crippen LogP contribution in [-0.2, 0) is 23.9 Å². The highest BCUT2D eigenvalue weighted by Gasteiger charge is 2.38. The molecule has 1 fully saturated rings. The normalized spacial score (nSPS) is 24.0. The number of cyclic esters (lactones) is 1. The Kier molecular flexibility index (Phi) is 11.9. The fraction of sp³-hybridized carbons (Fsp3) is 0.515. The zero-order valence-corrected chi connectivity index (χ0v) is 24.9. The Morgan fingerprint density at radius 2 is 1.37 bits per heavy atom. The number of hydrogen-bond acceptors (Lipinski definition) is 5. The van der Waals surface area contributed by atoms with Gasteiger partial charge in [-0.05, 0) is 36.3 Å². The number of carbonyl (C=O) groups excluding carboxylic acids is 4. The van der Waals surface area contributed by atoms with E-state index in [-0.39, 0.29) is 18.3 Å². The lowest BCUT2D eigenvalue weighted by atomic mass is 9.84. The van der Waals surface area contributed by atoms with Crippen molar-refractivity contribution >= 4 is 23.7 Å². The van der Waals surface area contributed by atoms with E-state index in [1.165, 1.54) is 0 Å². The number of rotatable bonds is 9. The van der Waals surface area contributed by atoms with Crippen molar-refractivity contribution in [3.8, 4) is 0 Å². The number of amides is 3. The molecule has 222 valence electrons. The second kappa shape index (κ2) is 15.4. The summed E-state index contributed by atoms with van der Waals surface area (Å²) in [5.41, 5.74) is 1.69. The van der Waals surface area contributed by atoms with Gasteiger partial charge in [-0.2, -0.15) is 0 Å². The second-order valence-electron chi connectivity index (χ2n) is 11.2. The molecule has 1 aliphatic heterocycles. The molecular weight excluding hydrogens is 518 g/mol. The highest BCUT2D eigenvalue weighted by atomic mass is 16.5. The predicted molar refractivity (Wildman–Crippen MR) is 159 cm³/mol. The molecule has 8 heteroatoms. The summed E-state index contributed by atoms with van der Waals surface area (Å²) in [6, 6.07) is 16.2. The quantitative estimate of drug-likeness (QED) is 0.390. The van der Waals surface area contributed by atoms with Crippen LogP contribution in [0.25, 0.3) is 0 Å². The van der Waals surface area contributed by atoms with Gasteiger partial charge in [0.25, 0.3) is 0 Å². The molecule has 0 spiro atoms. The molecule has 2 aromatic rings. The van der Waals surface area contributed by atoms with Crippen LogP contribution in [-0.4, -0.2) is 47.9 Å². The van der Waals surface area contributed by atoms with Crippen LogP contribution < -0.4 is 16.0 Å². The third-order valence-corrected chi connectivity index (χ3v) is 8.07. The van der Waals surface area contributed by atoms with Gasteiger partial charge in [-0.1, -0.05) is 108 Å². The van der Waals surface area contributed by atoms with E-state index in [4.69, 9.17) is 4.74 Å². The first kappa shape index (κ1) is 31.8. The molecule has 41 heavy (non-hydrogen) atoms. The zero-order chi connectivity index (χ0) is 29.9. The largest absolute Gasteiger partial charge is 0.460 e. The van der Waals surface area contributed by atoms with Crippen LogP contribution >= 0.6 is 0 Å². The lowest BCUT2D eigenvalue weighted by molar-refractivity contribution is -0.158. The topological polar surface area (TPSA) is 114 Å². The van der Waals surface area contributed by atoms with Gasteiger partial charge in [-0.15, -0.1) is 0 Å². The maximum atomic E-state index is 13.9. The fourth-order valence-corrected chi connectivity index (χ4v) is 5.22. The SMILES string of the molecule is CCCC[C@H](C)[C@@H]1CC(=O)N[C@@H](C(c2ccccc2)c2ccccc2)C(=O)N[C@@H](C)C(=O)N[C@H]([C@H](C)CC)C(=O)O1. The number of ether oxygens (including phenoxy) is 1. The van der Waals surface area contributed by atoms with Crippen molar-refractivity contribution in [3.63, 3.8) is 0 Å². The van der Waals surface area contributed by atoms with Crippen LogP contribution in [0.5, 0.6) is 0 Å². The molecule has 0 radical (unpaired) electrons. The molecule has 0 aliphatic carbocycles. The minimum Gasteiger partial charge on any atom is -0.460 e. The highest BCUT2D eigenvalue weighted by Crippen LogP contribution is 2.29. The summed E-state index contributed by atoms with van der Waals surface area (Å²) in [4.78, 5) is 54.2. The molecule has 3 rings (SSSR count). The van der Waals surface area contributed by atoms with E-state index in [9.17, 15) is 19.2 Å². The van der Waals surface area contributed by atoms with Crippen molar-refractivity contribution in [2.75, 3.05) is 0 Å². The lowest BCUT2D eigenvalue weighted by Gasteiger charge is -2.30. The average molecular weight is 564 g/mol. The lowest BCUT2D eigenvalue weighted by Crippen LogP contribution is -2.56. The molecular formula is C33H45N3O5. The molecule has 0 aromatic heterocycles. The van der Waals surface area contributed by atoms with Gasteiger partial charge in [0.05, 0.1) is 6.42 Å². The van der Waals surface area contributed by atoms with Crippen LogP contribution in [0.1, 0.15) is 83.8 Å². The Hall–Kier alpha value is -3.68. The summed E-state index contributed by atoms with van der Waals surface area (Å²) >= 11 is 0. The molecule has 1 heterocycles. The van der Waals surface area contributed by atoms with E-state index in [2.05, 4.69) is 22.9 Å². The Balaban J connectivity index is 2.06. The first-order chi connectivity index (χ1) is 19.7. The Morgan fingerprint density at radius 3 is 1.90 bits per heavy atom. The minimum atomic E-state index is -1.02. The van der Waals surface area contributed by atoms with Crippen molar-refractivity contribution in [3.05, 3.63) is 71.8 Å². The zero-order valence-electron chi connectivity index (χ0n) is 24.9. The van der Waals surface area contributed by atoms with Crippen molar-refractivity contribution < 1.29 is 23.9 Å². The van der Waals surface area contributed by atoms with E-state index in [0.29, 0.717) is 6.42 Å². The van der Waals surface area contributed by atoms with Crippen LogP contribution in [0.4, 0.5) is 0 Å². The molecule has 1 saturated heterocycles. The molecule has 6 atom stereocenters. The standard InChI is InChI=1S/C33H45N3O5/c1-6-8-15-22(4)26-20-27(37)35-30(28(24-16-11-9-12-17-24)25-18-13-10-14-19-25)32(39)34-23(5)31(38)36-29(21(3)7-2)33(40)41-26/h9-14,16-19,21-23,26,28-30H,6-8,15,20H2,1-5H3,(H,34,39)(H,35,37)(H,36,38)/t21-,22+,23+,26+,29-,30+/m1/s1. The number of benzene rings is 2. The van der Waals surface area contributed by atoms with Crippen LogP contribution in [0.15, 0.2) is 60.7 Å². The molecule has 0 bridgehead atoms. The molecule has 1 aliphatic rings. The summed E-state index contributed by atoms with van der Waals surface area (Å²) < 4.78 is 5.98. The van der Waals surface area contributed by atoms with Gasteiger partial charge < -0.3 is 20.7 Å². The summed E-state index contributed by atoms with van der Waals surface area (Å²) in [6.45, 7) is 9.43. The number of hydrogen-bond donors (Lipinski definition) is 3. The van der Waals surface area contributed by atoms with Crippen molar-refractivity contribution in [1.82, 2.24) is 16.0 Å². The van der Waals surface area contributed by atoms with Crippen molar-refractivity contribution in [1.29, 1.82) is 0 Å². The van der Waals surface area contributed by atoms with Gasteiger partial charge in [-0.25, -0.2) is 4.79 Å². The van der Waals surface area contributed by atoms with Gasteiger partial charge >= 0.3 is 5.97 Å². The molecule has 2 aromatic carbocycles. The fourth-order valence-electron chi connectivity index (χ4n) is 5.22. The minimum absolute atomic E-state index is 0.0895. The molecule has 0 saturated carbocycles. The van der Waals surface area contributed by atoms with Crippen LogP contribution in [0.2, 0.25) is 0 Å². The van der Waals surface area contributed by atoms with E-state index in [0.717, 1.165) is 30.4 Å². The van der Waals surface area contributed by atoms with E-state index in [1.807, 2.05) is 81.4 Å². The summed E-state index contributed by atoms with van der Waals surface area (Å²) in [5.74, 6) is -2.74. The van der Waals surface area contributed by atoms with Crippen LogP contribution in [0.3, 0.4) is 0 Å². The van der Waals surface area contributed by atoms with Gasteiger partial charge in [0.15, 0.2) is 0 Å². The summed E-state index contributed by atoms with van der Waals surface area (Å²) in [5, 5.41) is 8.57. The maximum Gasteiger partial charge on any atom is 0.329 e. The monoisotopic (exact) mass is 563 g/mol. The van der Waals surface area contributed by atoms with Crippen LogP contribution in [0, 0.1) is 11.8 Å². The van der Waals surface area contributed by atoms with Gasteiger partial charge in [0.1, 0.15) is 24.2 Å². The number of unbranched alkanes of at least 4 members (excludes halogenated alkanes) is 1. The Bertz CT molecular complexity index is 1120. The number of nitrogens with one attached hydrogen (secondary N) is 3. The molecule has 0 unspecified atom stereocenters. The predicted octanol–water partition coefficient (Wildman–Crippen LogP) is 4.48.